The van der Waals surface area contributed by atoms with Crippen molar-refractivity contribution in [2.45, 2.75) is 19.3 Å². The predicted molar refractivity (Wildman–Crippen MR) is 110 cm³/mol. The van der Waals surface area contributed by atoms with Crippen molar-refractivity contribution in [3.05, 3.63) is 60.2 Å². The Labute approximate surface area is 167 Å². The van der Waals surface area contributed by atoms with E-state index in [0.717, 1.165) is 17.9 Å². The Hall–Kier alpha value is -2.93. The van der Waals surface area contributed by atoms with Gasteiger partial charge in [0.05, 0.1) is 11.4 Å². The molecule has 2 aromatic rings. The van der Waals surface area contributed by atoms with Gasteiger partial charge in [0.25, 0.3) is 5.91 Å². The van der Waals surface area contributed by atoms with E-state index in [9.17, 15) is 14.4 Å². The highest BCUT2D eigenvalue weighted by Crippen LogP contribution is 2.27. The molecule has 28 heavy (non-hydrogen) atoms. The fourth-order valence-electron chi connectivity index (χ4n) is 3.25. The highest BCUT2D eigenvalue weighted by atomic mass is 32.2. The molecule has 0 saturated carbocycles. The van der Waals surface area contributed by atoms with Gasteiger partial charge < -0.3 is 0 Å². The number of para-hydroxylation sites is 1. The summed E-state index contributed by atoms with van der Waals surface area (Å²) in [6, 6.07) is 16.2. The zero-order chi connectivity index (χ0) is 19.5. The summed E-state index contributed by atoms with van der Waals surface area (Å²) in [6.07, 6.45) is 1.31. The topological polar surface area (TPSA) is 70.1 Å². The molecule has 2 aliphatic heterocycles. The minimum absolute atomic E-state index is 0.178. The van der Waals surface area contributed by atoms with Crippen molar-refractivity contribution >= 4 is 46.0 Å². The summed E-state index contributed by atoms with van der Waals surface area (Å²) >= 11 is 1.56. The first-order valence-corrected chi connectivity index (χ1v) is 10.2. The van der Waals surface area contributed by atoms with Crippen LogP contribution in [0.1, 0.15) is 29.6 Å². The second-order valence-corrected chi connectivity index (χ2v) is 7.62. The molecule has 0 N–H and O–H groups in total. The third kappa shape index (κ3) is 3.71. The van der Waals surface area contributed by atoms with Crippen molar-refractivity contribution in [1.82, 2.24) is 4.90 Å². The van der Waals surface area contributed by atoms with Gasteiger partial charge in [0, 0.05) is 30.7 Å². The van der Waals surface area contributed by atoms with Crippen LogP contribution in [0.3, 0.4) is 0 Å². The molecule has 3 amide bonds. The van der Waals surface area contributed by atoms with Crippen LogP contribution in [0.5, 0.6) is 0 Å². The van der Waals surface area contributed by atoms with Crippen LogP contribution in [0, 0.1) is 0 Å². The van der Waals surface area contributed by atoms with Gasteiger partial charge in [0.2, 0.25) is 11.8 Å². The number of amides is 3. The van der Waals surface area contributed by atoms with E-state index >= 15 is 0 Å². The lowest BCUT2D eigenvalue weighted by molar-refractivity contribution is -0.121. The highest BCUT2D eigenvalue weighted by Gasteiger charge is 2.31. The number of amidine groups is 1. The normalized spacial score (nSPS) is 18.8. The molecule has 0 bridgehead atoms. The third-order valence-electron chi connectivity index (χ3n) is 4.62. The van der Waals surface area contributed by atoms with Crippen molar-refractivity contribution in [1.29, 1.82) is 0 Å². The molecule has 2 aromatic carbocycles. The number of carbonyl (C=O) groups is 3. The summed E-state index contributed by atoms with van der Waals surface area (Å²) in [5.74, 6) is 0.276. The number of aliphatic imine (C=N–C) groups is 1. The Morgan fingerprint density at radius 2 is 1.71 bits per heavy atom. The second kappa shape index (κ2) is 7.98. The average molecular weight is 393 g/mol. The average Bonchev–Trinajstić information content (AvgIpc) is 3.07. The number of hydrogen-bond acceptors (Lipinski definition) is 5. The third-order valence-corrected chi connectivity index (χ3v) is 5.68. The van der Waals surface area contributed by atoms with Crippen molar-refractivity contribution in [2.75, 3.05) is 17.2 Å². The molecular weight excluding hydrogens is 374 g/mol. The van der Waals surface area contributed by atoms with Crippen molar-refractivity contribution in [3.63, 3.8) is 0 Å². The monoisotopic (exact) mass is 393 g/mol. The van der Waals surface area contributed by atoms with Crippen LogP contribution < -0.4 is 4.90 Å². The Bertz CT molecular complexity index is 942. The molecule has 7 heteroatoms. The number of carbonyl (C=O) groups excluding carboxylic acids is 3. The predicted octanol–water partition coefficient (Wildman–Crippen LogP) is 3.61. The molecule has 2 heterocycles. The van der Waals surface area contributed by atoms with Crippen LogP contribution in [0.4, 0.5) is 11.4 Å². The molecule has 0 spiro atoms. The largest absolute Gasteiger partial charge is 0.287 e. The Balaban J connectivity index is 1.63. The van der Waals surface area contributed by atoms with Gasteiger partial charge in [-0.1, -0.05) is 36.0 Å². The van der Waals surface area contributed by atoms with E-state index in [4.69, 9.17) is 0 Å². The molecule has 2 fully saturated rings. The minimum Gasteiger partial charge on any atom is -0.287 e. The van der Waals surface area contributed by atoms with E-state index in [2.05, 4.69) is 4.99 Å². The van der Waals surface area contributed by atoms with E-state index in [0.29, 0.717) is 23.0 Å². The van der Waals surface area contributed by atoms with Gasteiger partial charge in [0.15, 0.2) is 5.17 Å². The van der Waals surface area contributed by atoms with E-state index in [1.807, 2.05) is 30.3 Å². The maximum Gasteiger partial charge on any atom is 0.259 e. The Morgan fingerprint density at radius 1 is 0.964 bits per heavy atom. The molecular formula is C21H19N3O3S. The highest BCUT2D eigenvalue weighted by molar-refractivity contribution is 8.13. The number of benzene rings is 2. The van der Waals surface area contributed by atoms with Crippen molar-refractivity contribution in [3.8, 4) is 0 Å². The van der Waals surface area contributed by atoms with E-state index in [-0.39, 0.29) is 30.6 Å². The zero-order valence-corrected chi connectivity index (χ0v) is 16.0. The van der Waals surface area contributed by atoms with E-state index < -0.39 is 0 Å². The van der Waals surface area contributed by atoms with Crippen LogP contribution in [0.25, 0.3) is 0 Å². The molecule has 142 valence electrons. The summed E-state index contributed by atoms with van der Waals surface area (Å²) in [6.45, 7) is 0.587. The first-order chi connectivity index (χ1) is 13.6. The fraction of sp³-hybridized carbons (Fsp3) is 0.238. The summed E-state index contributed by atoms with van der Waals surface area (Å²) in [4.78, 5) is 44.7. The lowest BCUT2D eigenvalue weighted by Gasteiger charge is -2.28. The van der Waals surface area contributed by atoms with Crippen molar-refractivity contribution in [2.24, 2.45) is 4.99 Å². The molecule has 0 aromatic heterocycles. The number of nitrogens with zero attached hydrogens (tertiary/aromatic N) is 3. The first-order valence-electron chi connectivity index (χ1n) is 9.18. The fourth-order valence-corrected chi connectivity index (χ4v) is 4.21. The van der Waals surface area contributed by atoms with E-state index in [1.165, 1.54) is 4.90 Å². The summed E-state index contributed by atoms with van der Waals surface area (Å²) in [5.41, 5.74) is 1.68. The first kappa shape index (κ1) is 18.4. The van der Waals surface area contributed by atoms with E-state index in [1.54, 1.807) is 40.9 Å². The number of imide groups is 1. The standard InChI is InChI=1S/C21H19N3O3S/c25-18-10-11-19(26)24(18)17-9-4-6-15(14-17)20(27)23-12-5-13-28-21(23)22-16-7-2-1-3-8-16/h1-4,6-9,14H,5,10-13H2. The molecule has 0 unspecified atom stereocenters. The van der Waals surface area contributed by atoms with Gasteiger partial charge >= 0.3 is 0 Å². The Kier molecular flexibility index (Phi) is 5.25. The van der Waals surface area contributed by atoms with Crippen LogP contribution in [-0.4, -0.2) is 40.1 Å². The van der Waals surface area contributed by atoms with Gasteiger partial charge in [-0.2, -0.15) is 0 Å². The van der Waals surface area contributed by atoms with Gasteiger partial charge in [-0.3, -0.25) is 24.2 Å². The maximum atomic E-state index is 13.2. The van der Waals surface area contributed by atoms with Gasteiger partial charge in [-0.05, 0) is 36.8 Å². The molecule has 2 saturated heterocycles. The summed E-state index contributed by atoms with van der Waals surface area (Å²) < 4.78 is 0. The lowest BCUT2D eigenvalue weighted by atomic mass is 10.1. The minimum atomic E-state index is -0.227. The number of hydrogen-bond donors (Lipinski definition) is 0. The number of anilines is 1. The Morgan fingerprint density at radius 3 is 2.46 bits per heavy atom. The smallest absolute Gasteiger partial charge is 0.259 e. The molecule has 6 nitrogen and oxygen atoms in total. The van der Waals surface area contributed by atoms with Crippen LogP contribution in [0.2, 0.25) is 0 Å². The molecule has 0 radical (unpaired) electrons. The number of rotatable bonds is 3. The molecule has 2 aliphatic rings. The molecule has 4 rings (SSSR count). The molecule has 0 aliphatic carbocycles. The summed E-state index contributed by atoms with van der Waals surface area (Å²) in [7, 11) is 0. The van der Waals surface area contributed by atoms with Crippen LogP contribution >= 0.6 is 11.8 Å². The summed E-state index contributed by atoms with van der Waals surface area (Å²) in [5, 5.41) is 0.668. The quantitative estimate of drug-likeness (QED) is 0.747. The zero-order valence-electron chi connectivity index (χ0n) is 15.2. The number of thioether (sulfide) groups is 1. The van der Waals surface area contributed by atoms with Gasteiger partial charge in [0.1, 0.15) is 0 Å². The van der Waals surface area contributed by atoms with Gasteiger partial charge in [-0.25, -0.2) is 4.99 Å². The molecule has 0 atom stereocenters. The van der Waals surface area contributed by atoms with Crippen molar-refractivity contribution < 1.29 is 14.4 Å². The lowest BCUT2D eigenvalue weighted by Crippen LogP contribution is -2.39. The maximum absolute atomic E-state index is 13.2. The van der Waals surface area contributed by atoms with Gasteiger partial charge in [-0.15, -0.1) is 0 Å². The van der Waals surface area contributed by atoms with Crippen LogP contribution in [-0.2, 0) is 9.59 Å². The SMILES string of the molecule is O=C(c1cccc(N2C(=O)CCC2=O)c1)N1CCCSC1=Nc1ccccc1. The van der Waals surface area contributed by atoms with Crippen LogP contribution in [0.15, 0.2) is 59.6 Å². The second-order valence-electron chi connectivity index (χ2n) is 6.56.